The van der Waals surface area contributed by atoms with Crippen molar-refractivity contribution in [3.8, 4) is 11.3 Å². The SMILES string of the molecule is O=C(CCC(=O)N1CCC(c2ccccc2)=N1)Nc1nc(-c2c(F)cccc2F)co1. The van der Waals surface area contributed by atoms with Crippen LogP contribution < -0.4 is 5.32 Å². The number of carbonyl (C=O) groups is 2. The molecule has 3 aromatic rings. The highest BCUT2D eigenvalue weighted by Crippen LogP contribution is 2.26. The summed E-state index contributed by atoms with van der Waals surface area (Å²) in [6.07, 6.45) is 1.53. The highest BCUT2D eigenvalue weighted by atomic mass is 19.1. The number of halogens is 2. The topological polar surface area (TPSA) is 87.8 Å². The normalized spacial score (nSPS) is 13.2. The Morgan fingerprint density at radius 2 is 1.77 bits per heavy atom. The fourth-order valence-electron chi connectivity index (χ4n) is 3.19. The number of benzene rings is 2. The summed E-state index contributed by atoms with van der Waals surface area (Å²) in [6, 6.07) is 12.8. The maximum absolute atomic E-state index is 13.8. The quantitative estimate of drug-likeness (QED) is 0.649. The van der Waals surface area contributed by atoms with E-state index in [4.69, 9.17) is 4.42 Å². The van der Waals surface area contributed by atoms with Crippen LogP contribution in [0.3, 0.4) is 0 Å². The van der Waals surface area contributed by atoms with Gasteiger partial charge < -0.3 is 4.42 Å². The van der Waals surface area contributed by atoms with Crippen LogP contribution >= 0.6 is 0 Å². The largest absolute Gasteiger partial charge is 0.431 e. The molecule has 0 aliphatic carbocycles. The van der Waals surface area contributed by atoms with Crippen molar-refractivity contribution in [2.45, 2.75) is 19.3 Å². The van der Waals surface area contributed by atoms with Crippen molar-refractivity contribution in [2.75, 3.05) is 11.9 Å². The number of anilines is 1. The molecule has 158 valence electrons. The van der Waals surface area contributed by atoms with Gasteiger partial charge in [0.05, 0.1) is 17.8 Å². The molecule has 0 unspecified atom stereocenters. The molecule has 0 radical (unpaired) electrons. The zero-order valence-electron chi connectivity index (χ0n) is 16.3. The van der Waals surface area contributed by atoms with Gasteiger partial charge in [-0.15, -0.1) is 0 Å². The van der Waals surface area contributed by atoms with E-state index < -0.39 is 17.5 Å². The Morgan fingerprint density at radius 1 is 1.03 bits per heavy atom. The molecule has 1 aliphatic heterocycles. The van der Waals surface area contributed by atoms with Crippen LogP contribution in [-0.4, -0.2) is 34.1 Å². The molecule has 1 aromatic heterocycles. The van der Waals surface area contributed by atoms with E-state index >= 15 is 0 Å². The van der Waals surface area contributed by atoms with E-state index in [9.17, 15) is 18.4 Å². The fourth-order valence-corrected chi connectivity index (χ4v) is 3.19. The minimum atomic E-state index is -0.794. The average Bonchev–Trinajstić information content (AvgIpc) is 3.43. The zero-order valence-corrected chi connectivity index (χ0v) is 16.3. The minimum Gasteiger partial charge on any atom is -0.431 e. The van der Waals surface area contributed by atoms with Crippen molar-refractivity contribution in [1.29, 1.82) is 0 Å². The van der Waals surface area contributed by atoms with Crippen LogP contribution in [-0.2, 0) is 9.59 Å². The molecule has 31 heavy (non-hydrogen) atoms. The zero-order chi connectivity index (χ0) is 21.8. The van der Waals surface area contributed by atoms with Gasteiger partial charge in [0.1, 0.15) is 23.6 Å². The van der Waals surface area contributed by atoms with E-state index in [0.717, 1.165) is 29.7 Å². The minimum absolute atomic E-state index is 0.0487. The van der Waals surface area contributed by atoms with E-state index in [2.05, 4.69) is 15.4 Å². The molecule has 0 saturated heterocycles. The van der Waals surface area contributed by atoms with Crippen LogP contribution in [0.15, 0.2) is 64.3 Å². The molecular weight excluding hydrogens is 406 g/mol. The Labute approximate surface area is 176 Å². The van der Waals surface area contributed by atoms with Gasteiger partial charge >= 0.3 is 6.01 Å². The van der Waals surface area contributed by atoms with E-state index in [1.807, 2.05) is 30.3 Å². The van der Waals surface area contributed by atoms with Crippen molar-refractivity contribution >= 4 is 23.5 Å². The Kier molecular flexibility index (Phi) is 5.83. The predicted octanol–water partition coefficient (Wildman–Crippen LogP) is 3.98. The third-order valence-corrected chi connectivity index (χ3v) is 4.73. The molecule has 2 amide bonds. The summed E-state index contributed by atoms with van der Waals surface area (Å²) < 4.78 is 32.8. The Bertz CT molecular complexity index is 1120. The number of rotatable bonds is 6. The Balaban J connectivity index is 1.32. The predicted molar refractivity (Wildman–Crippen MR) is 109 cm³/mol. The monoisotopic (exact) mass is 424 g/mol. The number of amides is 2. The van der Waals surface area contributed by atoms with Gasteiger partial charge in [0.2, 0.25) is 11.8 Å². The third-order valence-electron chi connectivity index (χ3n) is 4.73. The fraction of sp³-hybridized carbons (Fsp3) is 0.182. The summed E-state index contributed by atoms with van der Waals surface area (Å²) in [4.78, 5) is 28.4. The highest BCUT2D eigenvalue weighted by Gasteiger charge is 2.22. The van der Waals surface area contributed by atoms with Crippen molar-refractivity contribution in [3.63, 3.8) is 0 Å². The number of nitrogens with one attached hydrogen (secondary N) is 1. The summed E-state index contributed by atoms with van der Waals surface area (Å²) in [6.45, 7) is 0.460. The van der Waals surface area contributed by atoms with E-state index in [1.54, 1.807) is 0 Å². The van der Waals surface area contributed by atoms with Crippen LogP contribution in [0.2, 0.25) is 0 Å². The molecule has 9 heteroatoms. The van der Waals surface area contributed by atoms with Crippen LogP contribution in [0.4, 0.5) is 14.8 Å². The van der Waals surface area contributed by atoms with Gasteiger partial charge in [-0.3, -0.25) is 14.9 Å². The summed E-state index contributed by atoms with van der Waals surface area (Å²) in [7, 11) is 0. The van der Waals surface area contributed by atoms with Crippen LogP contribution in [0.25, 0.3) is 11.3 Å². The second-order valence-electron chi connectivity index (χ2n) is 6.86. The van der Waals surface area contributed by atoms with Gasteiger partial charge in [-0.25, -0.2) is 13.8 Å². The number of nitrogens with zero attached hydrogens (tertiary/aromatic N) is 3. The third kappa shape index (κ3) is 4.66. The second kappa shape index (κ2) is 8.86. The van der Waals surface area contributed by atoms with Crippen LogP contribution in [0.5, 0.6) is 0 Å². The van der Waals surface area contributed by atoms with E-state index in [-0.39, 0.29) is 36.0 Å². The number of oxazole rings is 1. The van der Waals surface area contributed by atoms with Crippen LogP contribution in [0.1, 0.15) is 24.8 Å². The lowest BCUT2D eigenvalue weighted by Gasteiger charge is -2.10. The van der Waals surface area contributed by atoms with Gasteiger partial charge in [0.15, 0.2) is 0 Å². The molecular formula is C22H18F2N4O3. The van der Waals surface area contributed by atoms with E-state index in [0.29, 0.717) is 13.0 Å². The molecule has 2 heterocycles. The Morgan fingerprint density at radius 3 is 2.52 bits per heavy atom. The van der Waals surface area contributed by atoms with Crippen molar-refractivity contribution in [3.05, 3.63) is 72.0 Å². The molecule has 7 nitrogen and oxygen atoms in total. The summed E-state index contributed by atoms with van der Waals surface area (Å²) in [5, 5.41) is 8.08. The molecule has 0 fully saturated rings. The van der Waals surface area contributed by atoms with Gasteiger partial charge in [0.25, 0.3) is 0 Å². The molecule has 2 aromatic carbocycles. The summed E-state index contributed by atoms with van der Waals surface area (Å²) >= 11 is 0. The number of carbonyl (C=O) groups excluding carboxylic acids is 2. The molecule has 0 atom stereocenters. The molecule has 1 N–H and O–H groups in total. The van der Waals surface area contributed by atoms with Crippen molar-refractivity contribution in [1.82, 2.24) is 9.99 Å². The smallest absolute Gasteiger partial charge is 0.301 e. The lowest BCUT2D eigenvalue weighted by Crippen LogP contribution is -2.25. The summed E-state index contributed by atoms with van der Waals surface area (Å²) in [5.74, 6) is -2.37. The van der Waals surface area contributed by atoms with Gasteiger partial charge in [0, 0.05) is 19.3 Å². The number of hydrogen-bond donors (Lipinski definition) is 1. The molecule has 1 aliphatic rings. The van der Waals surface area contributed by atoms with Crippen molar-refractivity contribution in [2.24, 2.45) is 5.10 Å². The lowest BCUT2D eigenvalue weighted by molar-refractivity contribution is -0.132. The first-order valence-electron chi connectivity index (χ1n) is 9.64. The average molecular weight is 424 g/mol. The molecule has 0 saturated carbocycles. The summed E-state index contributed by atoms with van der Waals surface area (Å²) in [5.41, 5.74) is 1.36. The van der Waals surface area contributed by atoms with Crippen molar-refractivity contribution < 1.29 is 22.8 Å². The molecule has 0 spiro atoms. The molecule has 0 bridgehead atoms. The highest BCUT2D eigenvalue weighted by molar-refractivity contribution is 6.02. The number of hydrazone groups is 1. The first-order valence-corrected chi connectivity index (χ1v) is 9.64. The maximum atomic E-state index is 13.8. The number of aromatic nitrogens is 1. The van der Waals surface area contributed by atoms with Crippen LogP contribution in [0, 0.1) is 11.6 Å². The van der Waals surface area contributed by atoms with E-state index in [1.165, 1.54) is 11.1 Å². The second-order valence-corrected chi connectivity index (χ2v) is 6.86. The first kappa shape index (κ1) is 20.4. The Hall–Kier alpha value is -3.88. The maximum Gasteiger partial charge on any atom is 0.301 e. The first-order chi connectivity index (χ1) is 15.0. The number of hydrogen-bond acceptors (Lipinski definition) is 5. The van der Waals surface area contributed by atoms with Gasteiger partial charge in [-0.2, -0.15) is 10.1 Å². The lowest BCUT2D eigenvalue weighted by atomic mass is 10.1. The standard InChI is InChI=1S/C22H18F2N4O3/c23-15-7-4-8-16(24)21(15)18-13-31-22(25-18)26-19(29)9-10-20(30)28-12-11-17(27-28)14-5-2-1-3-6-14/h1-8,13H,9-12H2,(H,25,26,29). The molecule has 4 rings (SSSR count). The van der Waals surface area contributed by atoms with Gasteiger partial charge in [-0.05, 0) is 17.7 Å². The van der Waals surface area contributed by atoms with Gasteiger partial charge in [-0.1, -0.05) is 36.4 Å².